The third kappa shape index (κ3) is 3.66. The molecule has 4 aliphatic carbocycles. The van der Waals surface area contributed by atoms with Gasteiger partial charge in [0, 0.05) is 33.3 Å². The van der Waals surface area contributed by atoms with Crippen LogP contribution in [-0.4, -0.2) is 68.8 Å². The van der Waals surface area contributed by atoms with Crippen LogP contribution in [0, 0.1) is 17.3 Å². The maximum Gasteiger partial charge on any atom is 0.178 e. The lowest BCUT2D eigenvalue weighted by atomic mass is 9.40. The van der Waals surface area contributed by atoms with E-state index in [2.05, 4.69) is 92.4 Å². The highest BCUT2D eigenvalue weighted by Gasteiger charge is 2.87. The summed E-state index contributed by atoms with van der Waals surface area (Å²) in [7, 11) is 0. The second-order valence-corrected chi connectivity index (χ2v) is 19.4. The first-order chi connectivity index (χ1) is 22.9. The zero-order valence-electron chi connectivity index (χ0n) is 31.1. The molecule has 8 aliphatic rings. The Bertz CT molecular complexity index is 1880. The van der Waals surface area contributed by atoms with Gasteiger partial charge in [0.05, 0.1) is 22.9 Å². The summed E-state index contributed by atoms with van der Waals surface area (Å²) in [6, 6.07) is 4.93. The Morgan fingerprint density at radius 3 is 2.43 bits per heavy atom. The van der Waals surface area contributed by atoms with E-state index in [0.717, 1.165) is 37.7 Å². The predicted octanol–water partition coefficient (Wildman–Crippen LogP) is 7.46. The number of aromatic amines is 1. The molecule has 9 unspecified atom stereocenters. The molecule has 0 radical (unpaired) electrons. The standard InChI is InChI=1S/C42H55NO6/c1-21(2)15-31-46-32-34(38(7,8)47-31)45-30-12-13-39(9)40(10)23(11-14-41(39,44)42(30)35(32)48-42)18-26-25-16-22-17-28-27(20-36(3,4)49-37(28,5)6)24(22)19-29(25)43-33(26)40/h15-16,19-20,23,28,30-32,34-35,43-44H,11-14,17-18H2,1-10H3/t23?,28?,30?,31?,32?,34?,35?,39-,40-,41?,42?/m1/s1. The van der Waals surface area contributed by atoms with E-state index in [4.69, 9.17) is 23.7 Å². The molecule has 5 fully saturated rings. The molecule has 5 heterocycles. The zero-order valence-corrected chi connectivity index (χ0v) is 31.1. The van der Waals surface area contributed by atoms with Gasteiger partial charge < -0.3 is 33.8 Å². The molecule has 2 N–H and O–H groups in total. The van der Waals surface area contributed by atoms with Gasteiger partial charge in [-0.3, -0.25) is 0 Å². The van der Waals surface area contributed by atoms with Crippen molar-refractivity contribution in [3.8, 4) is 0 Å². The van der Waals surface area contributed by atoms with Gasteiger partial charge in [-0.15, -0.1) is 0 Å². The molecule has 49 heavy (non-hydrogen) atoms. The number of benzene rings is 1. The summed E-state index contributed by atoms with van der Waals surface area (Å²) >= 11 is 0. The smallest absolute Gasteiger partial charge is 0.178 e. The lowest BCUT2D eigenvalue weighted by molar-refractivity contribution is -0.343. The molecule has 2 saturated carbocycles. The number of fused-ring (bicyclic) bond motifs is 12. The van der Waals surface area contributed by atoms with Crippen molar-refractivity contribution in [1.29, 1.82) is 0 Å². The second-order valence-electron chi connectivity index (χ2n) is 19.4. The first-order valence-corrected chi connectivity index (χ1v) is 19.0. The SMILES string of the molecule is CC(C)=CC1OC2C(OC3CC[C@@]4(C)C(O)(CCC5Cc6c([nH]c7cc8c(cc67)CC6C8=CC(C)(C)OC6(C)C)[C@@]54C)C34OC24)C(C)(C)O1. The van der Waals surface area contributed by atoms with Crippen molar-refractivity contribution in [2.75, 3.05) is 0 Å². The number of aliphatic hydroxyl groups is 1. The molecule has 1 spiro atoms. The summed E-state index contributed by atoms with van der Waals surface area (Å²) in [4.78, 5) is 4.05. The Morgan fingerprint density at radius 1 is 0.898 bits per heavy atom. The topological polar surface area (TPSA) is 85.5 Å². The minimum Gasteiger partial charge on any atom is -0.386 e. The summed E-state index contributed by atoms with van der Waals surface area (Å²) in [5.74, 6) is 0.822. The van der Waals surface area contributed by atoms with Gasteiger partial charge in [0.1, 0.15) is 23.9 Å². The minimum absolute atomic E-state index is 0.191. The van der Waals surface area contributed by atoms with Crippen LogP contribution in [0.15, 0.2) is 29.9 Å². The fourth-order valence-corrected chi connectivity index (χ4v) is 13.0. The first kappa shape index (κ1) is 31.7. The zero-order chi connectivity index (χ0) is 34.5. The largest absolute Gasteiger partial charge is 0.386 e. The number of rotatable bonds is 1. The number of hydrogen-bond acceptors (Lipinski definition) is 6. The Morgan fingerprint density at radius 2 is 1.67 bits per heavy atom. The highest BCUT2D eigenvalue weighted by Crippen LogP contribution is 2.75. The van der Waals surface area contributed by atoms with E-state index in [1.165, 1.54) is 38.9 Å². The summed E-state index contributed by atoms with van der Waals surface area (Å²) in [5.41, 5.74) is 5.88. The second kappa shape index (κ2) is 9.13. The lowest BCUT2D eigenvalue weighted by Gasteiger charge is -2.66. The quantitative estimate of drug-likeness (QED) is 0.242. The highest BCUT2D eigenvalue weighted by molar-refractivity contribution is 5.92. The van der Waals surface area contributed by atoms with Crippen molar-refractivity contribution >= 4 is 16.5 Å². The average Bonchev–Trinajstić information content (AvgIpc) is 3.40. The van der Waals surface area contributed by atoms with Crippen LogP contribution in [0.3, 0.4) is 0 Å². The molecular weight excluding hydrogens is 614 g/mol. The number of nitrogens with one attached hydrogen (secondary N) is 1. The van der Waals surface area contributed by atoms with Crippen molar-refractivity contribution < 1.29 is 28.8 Å². The fraction of sp³-hybridized carbons (Fsp3) is 0.714. The van der Waals surface area contributed by atoms with Gasteiger partial charge in [-0.05, 0) is 146 Å². The highest BCUT2D eigenvalue weighted by atomic mass is 16.8. The molecule has 0 bridgehead atoms. The maximum absolute atomic E-state index is 13.4. The van der Waals surface area contributed by atoms with Gasteiger partial charge >= 0.3 is 0 Å². The molecule has 0 amide bonds. The van der Waals surface area contributed by atoms with Gasteiger partial charge in [0.2, 0.25) is 0 Å². The van der Waals surface area contributed by atoms with E-state index in [-0.39, 0.29) is 41.0 Å². The van der Waals surface area contributed by atoms with Crippen molar-refractivity contribution in [3.05, 3.63) is 52.2 Å². The third-order valence-corrected chi connectivity index (χ3v) is 15.3. The maximum atomic E-state index is 13.4. The van der Waals surface area contributed by atoms with Crippen LogP contribution in [0.2, 0.25) is 0 Å². The molecule has 7 heteroatoms. The molecule has 2 aromatic rings. The monoisotopic (exact) mass is 669 g/mol. The van der Waals surface area contributed by atoms with Crippen LogP contribution in [0.4, 0.5) is 0 Å². The Balaban J connectivity index is 1.05. The number of hydrogen-bond donors (Lipinski definition) is 2. The third-order valence-electron chi connectivity index (χ3n) is 15.3. The molecule has 264 valence electrons. The summed E-state index contributed by atoms with van der Waals surface area (Å²) in [6.45, 7) is 22.0. The number of aromatic nitrogens is 1. The number of ether oxygens (including phenoxy) is 5. The molecule has 10 rings (SSSR count). The Labute approximate surface area is 291 Å². The number of epoxide rings is 1. The first-order valence-electron chi connectivity index (χ1n) is 19.0. The van der Waals surface area contributed by atoms with Gasteiger partial charge in [0.25, 0.3) is 0 Å². The van der Waals surface area contributed by atoms with Crippen molar-refractivity contribution in [1.82, 2.24) is 4.98 Å². The van der Waals surface area contributed by atoms with Crippen molar-refractivity contribution in [3.63, 3.8) is 0 Å². The van der Waals surface area contributed by atoms with E-state index in [9.17, 15) is 5.11 Å². The van der Waals surface area contributed by atoms with Crippen molar-refractivity contribution in [2.24, 2.45) is 17.3 Å². The van der Waals surface area contributed by atoms with Crippen LogP contribution < -0.4 is 0 Å². The summed E-state index contributed by atoms with van der Waals surface area (Å²) in [5, 5.41) is 14.8. The Hall–Kier alpha value is -2.00. The number of H-pyrrole nitrogens is 1. The van der Waals surface area contributed by atoms with E-state index in [1.54, 1.807) is 0 Å². The van der Waals surface area contributed by atoms with Gasteiger partial charge in [-0.2, -0.15) is 0 Å². The Kier molecular flexibility index (Phi) is 5.91. The van der Waals surface area contributed by atoms with E-state index >= 15 is 0 Å². The van der Waals surface area contributed by atoms with Crippen LogP contribution in [0.5, 0.6) is 0 Å². The van der Waals surface area contributed by atoms with Crippen molar-refractivity contribution in [2.45, 2.75) is 172 Å². The lowest BCUT2D eigenvalue weighted by Crippen LogP contribution is -2.77. The summed E-state index contributed by atoms with van der Waals surface area (Å²) < 4.78 is 33.5. The van der Waals surface area contributed by atoms with E-state index in [1.807, 2.05) is 6.08 Å². The molecule has 1 aromatic carbocycles. The van der Waals surface area contributed by atoms with E-state index < -0.39 is 28.5 Å². The molecule has 7 nitrogen and oxygen atoms in total. The van der Waals surface area contributed by atoms with Gasteiger partial charge in [-0.25, -0.2) is 0 Å². The molecular formula is C42H55NO6. The normalized spacial score (nSPS) is 47.3. The predicted molar refractivity (Wildman–Crippen MR) is 188 cm³/mol. The van der Waals surface area contributed by atoms with E-state index in [0.29, 0.717) is 18.3 Å². The van der Waals surface area contributed by atoms with Crippen LogP contribution in [-0.2, 0) is 41.9 Å². The molecule has 1 aromatic heterocycles. The van der Waals surface area contributed by atoms with Crippen LogP contribution >= 0.6 is 0 Å². The number of allylic oxidation sites excluding steroid dienone is 1. The summed E-state index contributed by atoms with van der Waals surface area (Å²) in [6.07, 6.45) is 8.43. The molecule has 4 aliphatic heterocycles. The van der Waals surface area contributed by atoms with Crippen LogP contribution in [0.25, 0.3) is 16.5 Å². The minimum atomic E-state index is -1.06. The fourth-order valence-electron chi connectivity index (χ4n) is 13.0. The van der Waals surface area contributed by atoms with Gasteiger partial charge in [0.15, 0.2) is 11.9 Å². The molecule has 3 saturated heterocycles. The average molecular weight is 670 g/mol. The van der Waals surface area contributed by atoms with Crippen LogP contribution in [0.1, 0.15) is 117 Å². The van der Waals surface area contributed by atoms with Gasteiger partial charge in [-0.1, -0.05) is 19.4 Å². The molecule has 11 atom stereocenters.